The molecular weight excluding hydrogens is 226 g/mol. The lowest BCUT2D eigenvalue weighted by atomic mass is 10.0. The highest BCUT2D eigenvalue weighted by Gasteiger charge is 2.05. The Balaban J connectivity index is 2.88. The fraction of sp³-hybridized carbons (Fsp3) is 0.400. The summed E-state index contributed by atoms with van der Waals surface area (Å²) in [6.45, 7) is 10.2. The molecule has 0 saturated heterocycles. The van der Waals surface area contributed by atoms with Crippen LogP contribution in [0.3, 0.4) is 0 Å². The molecule has 0 saturated carbocycles. The molecule has 1 aromatic rings. The van der Waals surface area contributed by atoms with Gasteiger partial charge in [0, 0.05) is 17.5 Å². The van der Waals surface area contributed by atoms with Crippen LogP contribution >= 0.6 is 0 Å². The van der Waals surface area contributed by atoms with Gasteiger partial charge in [0.2, 0.25) is 0 Å². The monoisotopic (exact) mass is 247 g/mol. The quantitative estimate of drug-likeness (QED) is 0.654. The molecule has 0 aliphatic heterocycles. The number of carbonyl (C=O) groups excluding carboxylic acids is 1. The first-order valence-electron chi connectivity index (χ1n) is 6.14. The summed E-state index contributed by atoms with van der Waals surface area (Å²) < 4.78 is 4.87. The minimum Gasteiger partial charge on any atom is -0.463 e. The molecule has 0 unspecified atom stereocenters. The third-order valence-electron chi connectivity index (χ3n) is 2.62. The maximum atomic E-state index is 11.3. The summed E-state index contributed by atoms with van der Waals surface area (Å²) in [5.41, 5.74) is 5.41. The number of nitrogens with one attached hydrogen (secondary N) is 1. The lowest BCUT2D eigenvalue weighted by molar-refractivity contribution is -0.137. The second-order valence-electron chi connectivity index (χ2n) is 4.48. The average molecular weight is 247 g/mol. The van der Waals surface area contributed by atoms with Gasteiger partial charge in [0.25, 0.3) is 0 Å². The van der Waals surface area contributed by atoms with E-state index < -0.39 is 0 Å². The third-order valence-corrected chi connectivity index (χ3v) is 2.62. The molecule has 3 heteroatoms. The van der Waals surface area contributed by atoms with E-state index in [0.29, 0.717) is 6.61 Å². The third kappa shape index (κ3) is 3.91. The van der Waals surface area contributed by atoms with Crippen LogP contribution in [-0.2, 0) is 9.53 Å². The number of esters is 1. The number of rotatable bonds is 4. The Bertz CT molecular complexity index is 452. The van der Waals surface area contributed by atoms with Crippen molar-refractivity contribution in [1.82, 2.24) is 0 Å². The molecule has 3 nitrogen and oxygen atoms in total. The van der Waals surface area contributed by atoms with E-state index in [1.165, 1.54) is 22.8 Å². The fourth-order valence-corrected chi connectivity index (χ4v) is 1.97. The van der Waals surface area contributed by atoms with Gasteiger partial charge in [-0.3, -0.25) is 0 Å². The van der Waals surface area contributed by atoms with Gasteiger partial charge in [0.05, 0.1) is 6.61 Å². The predicted molar refractivity (Wildman–Crippen MR) is 74.7 cm³/mol. The van der Waals surface area contributed by atoms with E-state index in [1.807, 2.05) is 6.92 Å². The van der Waals surface area contributed by atoms with Gasteiger partial charge >= 0.3 is 5.97 Å². The summed E-state index contributed by atoms with van der Waals surface area (Å²) in [6.07, 6.45) is 1.47. The van der Waals surface area contributed by atoms with Gasteiger partial charge in [0.1, 0.15) is 0 Å². The van der Waals surface area contributed by atoms with Gasteiger partial charge in [-0.25, -0.2) is 4.79 Å². The second kappa shape index (κ2) is 6.24. The molecular formula is C15H21NO2. The van der Waals surface area contributed by atoms with Crippen molar-refractivity contribution < 1.29 is 9.53 Å². The van der Waals surface area contributed by atoms with Crippen LogP contribution in [0.2, 0.25) is 0 Å². The van der Waals surface area contributed by atoms with Crippen molar-refractivity contribution in [2.75, 3.05) is 11.9 Å². The van der Waals surface area contributed by atoms with Gasteiger partial charge < -0.3 is 10.1 Å². The number of hydrogen-bond acceptors (Lipinski definition) is 3. The topological polar surface area (TPSA) is 38.3 Å². The summed E-state index contributed by atoms with van der Waals surface area (Å²) in [7, 11) is 0. The fourth-order valence-electron chi connectivity index (χ4n) is 1.97. The molecule has 1 N–H and O–H groups in total. The van der Waals surface area contributed by atoms with Crippen molar-refractivity contribution in [1.29, 1.82) is 0 Å². The van der Waals surface area contributed by atoms with Crippen LogP contribution in [0.15, 0.2) is 23.9 Å². The molecule has 0 bridgehead atoms. The minimum atomic E-state index is -0.315. The Morgan fingerprint density at radius 2 is 1.83 bits per heavy atom. The smallest absolute Gasteiger partial charge is 0.332 e. The molecule has 0 atom stereocenters. The maximum Gasteiger partial charge on any atom is 0.332 e. The van der Waals surface area contributed by atoms with Gasteiger partial charge in [0.15, 0.2) is 0 Å². The van der Waals surface area contributed by atoms with Crippen molar-refractivity contribution in [3.63, 3.8) is 0 Å². The average Bonchev–Trinajstić information content (AvgIpc) is 2.23. The van der Waals surface area contributed by atoms with Crippen LogP contribution in [-0.4, -0.2) is 12.6 Å². The summed E-state index contributed by atoms with van der Waals surface area (Å²) >= 11 is 0. The number of allylic oxidation sites excluding steroid dienone is 1. The molecule has 98 valence electrons. The van der Waals surface area contributed by atoms with Gasteiger partial charge in [-0.15, -0.1) is 0 Å². The van der Waals surface area contributed by atoms with E-state index in [1.54, 1.807) is 6.92 Å². The van der Waals surface area contributed by atoms with Crippen molar-refractivity contribution in [2.45, 2.75) is 34.6 Å². The molecule has 1 rings (SSSR count). The van der Waals surface area contributed by atoms with Crippen LogP contribution in [0.5, 0.6) is 0 Å². The molecule has 0 amide bonds. The molecule has 0 heterocycles. The van der Waals surface area contributed by atoms with Crippen molar-refractivity contribution in [3.05, 3.63) is 40.6 Å². The number of carbonyl (C=O) groups is 1. The van der Waals surface area contributed by atoms with E-state index >= 15 is 0 Å². The standard InChI is InChI=1S/C15H21NO2/c1-6-18-14(17)9-13(5)16-15-11(3)7-10(2)8-12(15)4/h7-9,16H,6H2,1-5H3/b13-9-. The normalized spacial score (nSPS) is 11.3. The molecule has 0 aromatic heterocycles. The Hall–Kier alpha value is -1.77. The number of anilines is 1. The number of aryl methyl sites for hydroxylation is 3. The number of ether oxygens (including phenoxy) is 1. The summed E-state index contributed by atoms with van der Waals surface area (Å²) in [5.74, 6) is -0.315. The van der Waals surface area contributed by atoms with Crippen LogP contribution in [0, 0.1) is 20.8 Å². The van der Waals surface area contributed by atoms with Crippen molar-refractivity contribution >= 4 is 11.7 Å². The lowest BCUT2D eigenvalue weighted by Gasteiger charge is -2.14. The lowest BCUT2D eigenvalue weighted by Crippen LogP contribution is -2.06. The van der Waals surface area contributed by atoms with E-state index in [-0.39, 0.29) is 5.97 Å². The maximum absolute atomic E-state index is 11.3. The van der Waals surface area contributed by atoms with Gasteiger partial charge in [-0.2, -0.15) is 0 Å². The molecule has 0 spiro atoms. The van der Waals surface area contributed by atoms with E-state index in [2.05, 4.69) is 38.2 Å². The van der Waals surface area contributed by atoms with Gasteiger partial charge in [-0.05, 0) is 45.7 Å². The Labute approximate surface area is 109 Å². The predicted octanol–water partition coefficient (Wildman–Crippen LogP) is 3.49. The van der Waals surface area contributed by atoms with Crippen molar-refractivity contribution in [2.24, 2.45) is 0 Å². The van der Waals surface area contributed by atoms with Crippen LogP contribution < -0.4 is 5.32 Å². The number of hydrogen-bond donors (Lipinski definition) is 1. The summed E-state index contributed by atoms with van der Waals surface area (Å²) in [4.78, 5) is 11.3. The van der Waals surface area contributed by atoms with Gasteiger partial charge in [-0.1, -0.05) is 17.7 Å². The zero-order valence-corrected chi connectivity index (χ0v) is 11.8. The Morgan fingerprint density at radius 1 is 1.28 bits per heavy atom. The van der Waals surface area contributed by atoms with E-state index in [4.69, 9.17) is 4.74 Å². The van der Waals surface area contributed by atoms with E-state index in [9.17, 15) is 4.79 Å². The second-order valence-corrected chi connectivity index (χ2v) is 4.48. The zero-order chi connectivity index (χ0) is 13.7. The summed E-state index contributed by atoms with van der Waals surface area (Å²) in [5, 5.41) is 3.26. The first-order valence-corrected chi connectivity index (χ1v) is 6.14. The van der Waals surface area contributed by atoms with Crippen molar-refractivity contribution in [3.8, 4) is 0 Å². The Kier molecular flexibility index (Phi) is 4.95. The first kappa shape index (κ1) is 14.3. The largest absolute Gasteiger partial charge is 0.463 e. The molecule has 18 heavy (non-hydrogen) atoms. The molecule has 0 fully saturated rings. The highest BCUT2D eigenvalue weighted by molar-refractivity contribution is 5.83. The first-order chi connectivity index (χ1) is 8.43. The number of benzene rings is 1. The highest BCUT2D eigenvalue weighted by atomic mass is 16.5. The molecule has 0 radical (unpaired) electrons. The minimum absolute atomic E-state index is 0.315. The van der Waals surface area contributed by atoms with Crippen LogP contribution in [0.25, 0.3) is 0 Å². The molecule has 0 aliphatic rings. The van der Waals surface area contributed by atoms with Crippen LogP contribution in [0.4, 0.5) is 5.69 Å². The molecule has 1 aromatic carbocycles. The summed E-state index contributed by atoms with van der Waals surface area (Å²) in [6, 6.07) is 4.24. The van der Waals surface area contributed by atoms with Crippen LogP contribution in [0.1, 0.15) is 30.5 Å². The Morgan fingerprint density at radius 3 is 2.33 bits per heavy atom. The SMILES string of the molecule is CCOC(=O)/C=C(/C)Nc1c(C)cc(C)cc1C. The molecule has 0 aliphatic carbocycles. The highest BCUT2D eigenvalue weighted by Crippen LogP contribution is 2.23. The van der Waals surface area contributed by atoms with E-state index in [0.717, 1.165) is 11.4 Å². The zero-order valence-electron chi connectivity index (χ0n) is 11.8.